The average molecular weight is 325 g/mol. The van der Waals surface area contributed by atoms with Gasteiger partial charge in [-0.05, 0) is 17.8 Å². The van der Waals surface area contributed by atoms with Crippen molar-refractivity contribution in [3.63, 3.8) is 0 Å². The van der Waals surface area contributed by atoms with E-state index in [1.165, 1.54) is 12.1 Å². The predicted molar refractivity (Wildman–Crippen MR) is 77.3 cm³/mol. The first kappa shape index (κ1) is 14.5. The lowest BCUT2D eigenvalue weighted by atomic mass is 10.0. The summed E-state index contributed by atoms with van der Waals surface area (Å²) in [5.74, 6) is -6.75. The molecule has 3 nitrogen and oxygen atoms in total. The van der Waals surface area contributed by atoms with Gasteiger partial charge in [0.2, 0.25) is 0 Å². The molecule has 1 aliphatic carbocycles. The highest BCUT2D eigenvalue weighted by Crippen LogP contribution is 2.41. The van der Waals surface area contributed by atoms with Crippen LogP contribution in [-0.4, -0.2) is 10.8 Å². The van der Waals surface area contributed by atoms with E-state index in [1.54, 1.807) is 12.1 Å². The standard InChI is InChI=1S/C14H7F4N3S/c15-9-7-5-3-1-2-4-6(5)13(20-21-14(19)22)8(7)10(16)12(18)11(9)17/h1-4H,(H3,19,21,22)/b20-13+. The van der Waals surface area contributed by atoms with Crippen LogP contribution in [0.3, 0.4) is 0 Å². The van der Waals surface area contributed by atoms with Gasteiger partial charge in [-0.3, -0.25) is 5.43 Å². The quantitative estimate of drug-likeness (QED) is 0.238. The number of hydrazone groups is 1. The van der Waals surface area contributed by atoms with Crippen LogP contribution >= 0.6 is 12.2 Å². The van der Waals surface area contributed by atoms with Gasteiger partial charge >= 0.3 is 0 Å². The number of rotatable bonds is 1. The second-order valence-electron chi connectivity index (χ2n) is 4.49. The van der Waals surface area contributed by atoms with Crippen LogP contribution in [0.5, 0.6) is 0 Å². The Morgan fingerprint density at radius 2 is 1.45 bits per heavy atom. The van der Waals surface area contributed by atoms with Crippen molar-refractivity contribution in [2.75, 3.05) is 0 Å². The van der Waals surface area contributed by atoms with E-state index in [9.17, 15) is 17.6 Å². The Labute approximate surface area is 127 Å². The van der Waals surface area contributed by atoms with Crippen LogP contribution in [0, 0.1) is 23.3 Å². The van der Waals surface area contributed by atoms with E-state index in [4.69, 9.17) is 5.73 Å². The fourth-order valence-electron chi connectivity index (χ4n) is 2.38. The van der Waals surface area contributed by atoms with Crippen molar-refractivity contribution in [2.24, 2.45) is 10.8 Å². The van der Waals surface area contributed by atoms with Crippen LogP contribution in [0.25, 0.3) is 11.1 Å². The van der Waals surface area contributed by atoms with E-state index >= 15 is 0 Å². The number of nitrogens with zero attached hydrogens (tertiary/aromatic N) is 1. The summed E-state index contributed by atoms with van der Waals surface area (Å²) in [6.45, 7) is 0. The minimum Gasteiger partial charge on any atom is -0.375 e. The van der Waals surface area contributed by atoms with E-state index < -0.39 is 28.8 Å². The molecule has 0 unspecified atom stereocenters. The first-order valence-corrected chi connectivity index (χ1v) is 6.43. The van der Waals surface area contributed by atoms with Crippen LogP contribution < -0.4 is 11.2 Å². The molecule has 0 heterocycles. The van der Waals surface area contributed by atoms with Crippen molar-refractivity contribution in [2.45, 2.75) is 0 Å². The molecular weight excluding hydrogens is 318 g/mol. The highest BCUT2D eigenvalue weighted by Gasteiger charge is 2.35. The van der Waals surface area contributed by atoms with Crippen molar-refractivity contribution < 1.29 is 17.6 Å². The van der Waals surface area contributed by atoms with Gasteiger partial charge in [-0.2, -0.15) is 5.10 Å². The largest absolute Gasteiger partial charge is 0.375 e. The molecule has 0 fully saturated rings. The van der Waals surface area contributed by atoms with Crippen molar-refractivity contribution in [1.82, 2.24) is 5.43 Å². The Balaban J connectivity index is 2.39. The molecule has 0 saturated heterocycles. The maximum Gasteiger partial charge on any atom is 0.198 e. The second-order valence-corrected chi connectivity index (χ2v) is 4.93. The Morgan fingerprint density at radius 3 is 2.05 bits per heavy atom. The zero-order valence-corrected chi connectivity index (χ0v) is 11.6. The third-order valence-corrected chi connectivity index (χ3v) is 3.32. The molecule has 112 valence electrons. The molecule has 0 aliphatic heterocycles. The Morgan fingerprint density at radius 1 is 0.909 bits per heavy atom. The number of fused-ring (bicyclic) bond motifs is 3. The normalized spacial score (nSPS) is 13.9. The number of hydrogen-bond donors (Lipinski definition) is 2. The van der Waals surface area contributed by atoms with Gasteiger partial charge in [-0.25, -0.2) is 17.6 Å². The lowest BCUT2D eigenvalue weighted by molar-refractivity contribution is 0.410. The smallest absolute Gasteiger partial charge is 0.198 e. The van der Waals surface area contributed by atoms with Gasteiger partial charge in [0, 0.05) is 11.1 Å². The molecule has 8 heteroatoms. The first-order valence-electron chi connectivity index (χ1n) is 6.02. The maximum absolute atomic E-state index is 14.1. The minimum absolute atomic E-state index is 0.103. The molecule has 1 aliphatic rings. The van der Waals surface area contributed by atoms with Gasteiger partial charge in [0.1, 0.15) is 5.71 Å². The Kier molecular flexibility index (Phi) is 3.32. The van der Waals surface area contributed by atoms with Gasteiger partial charge in [0.05, 0.1) is 5.56 Å². The first-order chi connectivity index (χ1) is 10.4. The summed E-state index contributed by atoms with van der Waals surface area (Å²) in [7, 11) is 0. The number of hydrogen-bond acceptors (Lipinski definition) is 2. The lowest BCUT2D eigenvalue weighted by Gasteiger charge is -2.07. The number of halogens is 4. The fraction of sp³-hybridized carbons (Fsp3) is 0. The molecule has 3 N–H and O–H groups in total. The topological polar surface area (TPSA) is 50.4 Å². The molecule has 3 rings (SSSR count). The van der Waals surface area contributed by atoms with Gasteiger partial charge in [-0.1, -0.05) is 24.3 Å². The second kappa shape index (κ2) is 5.06. The maximum atomic E-state index is 14.1. The van der Waals surface area contributed by atoms with Crippen LogP contribution in [0.4, 0.5) is 17.6 Å². The van der Waals surface area contributed by atoms with E-state index in [0.29, 0.717) is 5.56 Å². The van der Waals surface area contributed by atoms with Gasteiger partial charge in [0.15, 0.2) is 28.4 Å². The number of benzene rings is 2. The van der Waals surface area contributed by atoms with Gasteiger partial charge in [0.25, 0.3) is 0 Å². The zero-order chi connectivity index (χ0) is 16.0. The summed E-state index contributed by atoms with van der Waals surface area (Å²) in [6.07, 6.45) is 0. The number of thiocarbonyl (C=S) groups is 1. The lowest BCUT2D eigenvalue weighted by Crippen LogP contribution is -2.25. The number of nitrogens with one attached hydrogen (secondary N) is 1. The van der Waals surface area contributed by atoms with Crippen molar-refractivity contribution in [3.8, 4) is 11.1 Å². The molecule has 0 amide bonds. The summed E-state index contributed by atoms with van der Waals surface area (Å²) in [5, 5.41) is 3.58. The van der Waals surface area contributed by atoms with Gasteiger partial charge in [-0.15, -0.1) is 0 Å². The van der Waals surface area contributed by atoms with E-state index in [-0.39, 0.29) is 22.0 Å². The SMILES string of the molecule is NC(=S)N/N=C1\c2ccccc2-c2c(F)c(F)c(F)c(F)c21. The number of nitrogens with two attached hydrogens (primary N) is 1. The minimum atomic E-state index is -1.90. The van der Waals surface area contributed by atoms with Crippen LogP contribution in [0.2, 0.25) is 0 Å². The monoisotopic (exact) mass is 325 g/mol. The molecule has 0 atom stereocenters. The summed E-state index contributed by atoms with van der Waals surface area (Å²) in [6, 6.07) is 6.14. The zero-order valence-electron chi connectivity index (χ0n) is 10.8. The van der Waals surface area contributed by atoms with Gasteiger partial charge < -0.3 is 5.73 Å². The fourth-order valence-corrected chi connectivity index (χ4v) is 2.42. The van der Waals surface area contributed by atoms with Crippen molar-refractivity contribution in [3.05, 3.63) is 58.7 Å². The summed E-state index contributed by atoms with van der Waals surface area (Å²) in [4.78, 5) is 0. The molecule has 0 saturated carbocycles. The summed E-state index contributed by atoms with van der Waals surface area (Å²) < 4.78 is 55.2. The Bertz CT molecular complexity index is 848. The van der Waals surface area contributed by atoms with E-state index in [1.807, 2.05) is 0 Å². The molecule has 0 radical (unpaired) electrons. The molecule has 0 spiro atoms. The van der Waals surface area contributed by atoms with Crippen LogP contribution in [-0.2, 0) is 0 Å². The molecule has 0 bridgehead atoms. The summed E-state index contributed by atoms with van der Waals surface area (Å²) >= 11 is 4.59. The van der Waals surface area contributed by atoms with E-state index in [2.05, 4.69) is 22.7 Å². The average Bonchev–Trinajstić information content (AvgIpc) is 2.83. The van der Waals surface area contributed by atoms with Crippen LogP contribution in [0.1, 0.15) is 11.1 Å². The third kappa shape index (κ3) is 1.95. The van der Waals surface area contributed by atoms with Crippen molar-refractivity contribution in [1.29, 1.82) is 0 Å². The molecular formula is C14H7F4N3S. The van der Waals surface area contributed by atoms with Crippen LogP contribution in [0.15, 0.2) is 29.4 Å². The Hall–Kier alpha value is -2.48. The molecule has 22 heavy (non-hydrogen) atoms. The molecule has 2 aromatic rings. The summed E-state index contributed by atoms with van der Waals surface area (Å²) in [5.41, 5.74) is 7.05. The predicted octanol–water partition coefficient (Wildman–Crippen LogP) is 2.81. The third-order valence-electron chi connectivity index (χ3n) is 3.23. The molecule has 2 aromatic carbocycles. The van der Waals surface area contributed by atoms with Crippen molar-refractivity contribution >= 4 is 23.0 Å². The van der Waals surface area contributed by atoms with E-state index in [0.717, 1.165) is 0 Å². The highest BCUT2D eigenvalue weighted by molar-refractivity contribution is 7.80. The highest BCUT2D eigenvalue weighted by atomic mass is 32.1. The molecule has 0 aromatic heterocycles.